The summed E-state index contributed by atoms with van der Waals surface area (Å²) in [5, 5.41) is 0. The van der Waals surface area contributed by atoms with Crippen LogP contribution in [-0.4, -0.2) is 37.0 Å². The first-order valence-electron chi connectivity index (χ1n) is 9.61. The molecule has 0 N–H and O–H groups in total. The number of rotatable bonds is 5. The Balaban J connectivity index is 1.27. The molecule has 28 heavy (non-hydrogen) atoms. The van der Waals surface area contributed by atoms with Gasteiger partial charge in [0, 0.05) is 50.3 Å². The van der Waals surface area contributed by atoms with E-state index in [0.29, 0.717) is 25.9 Å². The molecule has 4 rings (SSSR count). The second-order valence-corrected chi connectivity index (χ2v) is 6.98. The Labute approximate surface area is 164 Å². The maximum Gasteiger partial charge on any atom is 0.223 e. The fraction of sp³-hybridized carbons (Fsp3) is 0.261. The van der Waals surface area contributed by atoms with Crippen molar-refractivity contribution in [3.8, 4) is 11.3 Å². The average molecular weight is 378 g/mol. The number of halogens is 1. The van der Waals surface area contributed by atoms with Gasteiger partial charge in [-0.25, -0.2) is 4.39 Å². The van der Waals surface area contributed by atoms with Crippen LogP contribution in [-0.2, 0) is 11.2 Å². The lowest BCUT2D eigenvalue weighted by molar-refractivity contribution is -0.131. The normalized spacial score (nSPS) is 14.3. The van der Waals surface area contributed by atoms with Gasteiger partial charge in [0.05, 0.1) is 0 Å². The molecule has 144 valence electrons. The summed E-state index contributed by atoms with van der Waals surface area (Å²) in [4.78, 5) is 16.6. The van der Waals surface area contributed by atoms with Gasteiger partial charge in [-0.3, -0.25) is 4.79 Å². The maximum atomic E-state index is 13.1. The fourth-order valence-electron chi connectivity index (χ4n) is 3.52. The third-order valence-corrected chi connectivity index (χ3v) is 5.13. The molecule has 1 saturated heterocycles. The molecule has 1 aliphatic heterocycles. The number of furan rings is 1. The molecule has 0 unspecified atom stereocenters. The van der Waals surface area contributed by atoms with Gasteiger partial charge in [-0.15, -0.1) is 0 Å². The molecule has 2 heterocycles. The molecule has 0 spiro atoms. The fourth-order valence-corrected chi connectivity index (χ4v) is 3.52. The average Bonchev–Trinajstić information content (AvgIpc) is 3.22. The Morgan fingerprint density at radius 3 is 2.32 bits per heavy atom. The quantitative estimate of drug-likeness (QED) is 0.662. The van der Waals surface area contributed by atoms with Crippen molar-refractivity contribution in [2.24, 2.45) is 0 Å². The molecule has 5 heteroatoms. The third kappa shape index (κ3) is 4.25. The van der Waals surface area contributed by atoms with Gasteiger partial charge in [-0.05, 0) is 36.4 Å². The minimum atomic E-state index is -0.231. The molecule has 0 atom stereocenters. The van der Waals surface area contributed by atoms with Gasteiger partial charge >= 0.3 is 0 Å². The van der Waals surface area contributed by atoms with Crippen LogP contribution in [0.25, 0.3) is 11.3 Å². The van der Waals surface area contributed by atoms with Crippen molar-refractivity contribution >= 4 is 11.6 Å². The first kappa shape index (κ1) is 18.3. The number of anilines is 1. The number of benzene rings is 2. The number of nitrogens with zero attached hydrogens (tertiary/aromatic N) is 2. The van der Waals surface area contributed by atoms with Gasteiger partial charge in [-0.1, -0.05) is 30.3 Å². The Morgan fingerprint density at radius 2 is 1.61 bits per heavy atom. The summed E-state index contributed by atoms with van der Waals surface area (Å²) in [6.45, 7) is 2.89. The summed E-state index contributed by atoms with van der Waals surface area (Å²) < 4.78 is 18.9. The summed E-state index contributed by atoms with van der Waals surface area (Å²) in [5.74, 6) is 1.58. The number of amides is 1. The van der Waals surface area contributed by atoms with E-state index in [1.54, 1.807) is 12.1 Å². The lowest BCUT2D eigenvalue weighted by atomic mass is 10.2. The molecule has 0 aliphatic carbocycles. The van der Waals surface area contributed by atoms with Crippen LogP contribution in [0.3, 0.4) is 0 Å². The number of hydrogen-bond acceptors (Lipinski definition) is 3. The minimum Gasteiger partial charge on any atom is -0.461 e. The van der Waals surface area contributed by atoms with Crippen molar-refractivity contribution in [3.05, 3.63) is 78.3 Å². The molecule has 1 aromatic heterocycles. The van der Waals surface area contributed by atoms with E-state index in [-0.39, 0.29) is 11.7 Å². The van der Waals surface area contributed by atoms with E-state index in [1.165, 1.54) is 12.1 Å². The van der Waals surface area contributed by atoms with Crippen molar-refractivity contribution in [1.82, 2.24) is 4.90 Å². The van der Waals surface area contributed by atoms with Gasteiger partial charge in [0.25, 0.3) is 0 Å². The van der Waals surface area contributed by atoms with Crippen LogP contribution < -0.4 is 4.90 Å². The number of carbonyl (C=O) groups excluding carboxylic acids is 1. The van der Waals surface area contributed by atoms with Gasteiger partial charge in [0.2, 0.25) is 5.91 Å². The number of aryl methyl sites for hydroxylation is 1. The molecule has 0 radical (unpaired) electrons. The summed E-state index contributed by atoms with van der Waals surface area (Å²) in [5.41, 5.74) is 2.04. The standard InChI is InChI=1S/C23H23FN2O2/c24-19-6-8-20(9-7-19)25-14-16-26(17-15-25)23(27)13-11-21-10-12-22(28-21)18-4-2-1-3-5-18/h1-10,12H,11,13-17H2. The molecule has 0 saturated carbocycles. The molecule has 3 aromatic rings. The zero-order chi connectivity index (χ0) is 19.3. The van der Waals surface area contributed by atoms with E-state index >= 15 is 0 Å². The summed E-state index contributed by atoms with van der Waals surface area (Å²) in [7, 11) is 0. The van der Waals surface area contributed by atoms with E-state index < -0.39 is 0 Å². The topological polar surface area (TPSA) is 36.7 Å². The van der Waals surface area contributed by atoms with Crippen LogP contribution in [0.2, 0.25) is 0 Å². The van der Waals surface area contributed by atoms with Crippen LogP contribution in [0.1, 0.15) is 12.2 Å². The smallest absolute Gasteiger partial charge is 0.223 e. The second kappa shape index (κ2) is 8.30. The Hall–Kier alpha value is -3.08. The molecular weight excluding hydrogens is 355 g/mol. The predicted molar refractivity (Wildman–Crippen MR) is 108 cm³/mol. The zero-order valence-electron chi connectivity index (χ0n) is 15.7. The lowest BCUT2D eigenvalue weighted by Crippen LogP contribution is -2.48. The number of hydrogen-bond donors (Lipinski definition) is 0. The maximum absolute atomic E-state index is 13.1. The minimum absolute atomic E-state index is 0.149. The molecule has 1 fully saturated rings. The lowest BCUT2D eigenvalue weighted by Gasteiger charge is -2.36. The number of piperazine rings is 1. The van der Waals surface area contributed by atoms with Crippen LogP contribution in [0, 0.1) is 5.82 Å². The monoisotopic (exact) mass is 378 g/mol. The van der Waals surface area contributed by atoms with Crippen molar-refractivity contribution < 1.29 is 13.6 Å². The van der Waals surface area contributed by atoms with Crippen molar-refractivity contribution in [2.45, 2.75) is 12.8 Å². The van der Waals surface area contributed by atoms with Crippen molar-refractivity contribution in [1.29, 1.82) is 0 Å². The summed E-state index contributed by atoms with van der Waals surface area (Å²) >= 11 is 0. The van der Waals surface area contributed by atoms with E-state index in [4.69, 9.17) is 4.42 Å². The highest BCUT2D eigenvalue weighted by Gasteiger charge is 2.21. The molecule has 0 bridgehead atoms. The van der Waals surface area contributed by atoms with Crippen LogP contribution in [0.5, 0.6) is 0 Å². The highest BCUT2D eigenvalue weighted by Crippen LogP contribution is 2.23. The Morgan fingerprint density at radius 1 is 0.893 bits per heavy atom. The zero-order valence-corrected chi connectivity index (χ0v) is 15.7. The van der Waals surface area contributed by atoms with E-state index in [9.17, 15) is 9.18 Å². The number of carbonyl (C=O) groups is 1. The van der Waals surface area contributed by atoms with Crippen LogP contribution in [0.4, 0.5) is 10.1 Å². The SMILES string of the molecule is O=C(CCc1ccc(-c2ccccc2)o1)N1CCN(c2ccc(F)cc2)CC1. The van der Waals surface area contributed by atoms with E-state index in [1.807, 2.05) is 47.4 Å². The van der Waals surface area contributed by atoms with Gasteiger partial charge in [0.1, 0.15) is 17.3 Å². The van der Waals surface area contributed by atoms with Gasteiger partial charge < -0.3 is 14.2 Å². The van der Waals surface area contributed by atoms with Gasteiger partial charge in [-0.2, -0.15) is 0 Å². The van der Waals surface area contributed by atoms with E-state index in [0.717, 1.165) is 35.9 Å². The third-order valence-electron chi connectivity index (χ3n) is 5.13. The van der Waals surface area contributed by atoms with E-state index in [2.05, 4.69) is 4.90 Å². The first-order valence-corrected chi connectivity index (χ1v) is 9.61. The van der Waals surface area contributed by atoms with Crippen LogP contribution >= 0.6 is 0 Å². The predicted octanol–water partition coefficient (Wildman–Crippen LogP) is 4.37. The molecule has 1 amide bonds. The molecular formula is C23H23FN2O2. The van der Waals surface area contributed by atoms with Crippen molar-refractivity contribution in [3.63, 3.8) is 0 Å². The first-order chi connectivity index (χ1) is 13.7. The summed E-state index contributed by atoms with van der Waals surface area (Å²) in [6, 6.07) is 20.4. The summed E-state index contributed by atoms with van der Waals surface area (Å²) in [6.07, 6.45) is 1.04. The van der Waals surface area contributed by atoms with Crippen LogP contribution in [0.15, 0.2) is 71.1 Å². The van der Waals surface area contributed by atoms with Crippen molar-refractivity contribution in [2.75, 3.05) is 31.1 Å². The molecule has 2 aromatic carbocycles. The highest BCUT2D eigenvalue weighted by molar-refractivity contribution is 5.76. The second-order valence-electron chi connectivity index (χ2n) is 6.98. The molecule has 1 aliphatic rings. The highest BCUT2D eigenvalue weighted by atomic mass is 19.1. The molecule has 4 nitrogen and oxygen atoms in total. The Kier molecular flexibility index (Phi) is 5.42. The van der Waals surface area contributed by atoms with Gasteiger partial charge in [0.15, 0.2) is 0 Å². The Bertz CT molecular complexity index is 913. The largest absolute Gasteiger partial charge is 0.461 e.